The summed E-state index contributed by atoms with van der Waals surface area (Å²) in [5.41, 5.74) is -0.129. The fraction of sp³-hybridized carbons (Fsp3) is 0.300. The minimum absolute atomic E-state index is 0.129. The van der Waals surface area contributed by atoms with E-state index in [9.17, 15) is 31.1 Å². The van der Waals surface area contributed by atoms with Crippen molar-refractivity contribution < 1.29 is 31.1 Å². The lowest BCUT2D eigenvalue weighted by atomic mass is 10.1. The zero-order valence-corrected chi connectivity index (χ0v) is 11.1. The zero-order valence-electron chi connectivity index (χ0n) is 8.94. The number of carbonyl (C=O) groups excluding carboxylic acids is 1. The molecule has 0 aliphatic heterocycles. The molecular weight excluding hydrogens is 391 g/mol. The summed E-state index contributed by atoms with van der Waals surface area (Å²) in [5.74, 6) is -6.19. The standard InChI is InChI=1S/C10H6F6INO/c11-9(12,13)7(10(14,15)16)8(19)18-6-3-1-2-5(17)4-6/h1-4,7H,(H,18,19). The highest BCUT2D eigenvalue weighted by Gasteiger charge is 2.61. The molecule has 19 heavy (non-hydrogen) atoms. The van der Waals surface area contributed by atoms with Gasteiger partial charge in [-0.2, -0.15) is 26.3 Å². The van der Waals surface area contributed by atoms with E-state index in [1.165, 1.54) is 18.2 Å². The highest BCUT2D eigenvalue weighted by atomic mass is 127. The maximum Gasteiger partial charge on any atom is 0.409 e. The van der Waals surface area contributed by atoms with Gasteiger partial charge in [0.1, 0.15) is 0 Å². The summed E-state index contributed by atoms with van der Waals surface area (Å²) in [6.07, 6.45) is -11.4. The van der Waals surface area contributed by atoms with Crippen LogP contribution in [0.4, 0.5) is 32.0 Å². The molecule has 0 radical (unpaired) electrons. The van der Waals surface area contributed by atoms with Gasteiger partial charge in [-0.3, -0.25) is 4.79 Å². The Morgan fingerprint density at radius 2 is 1.63 bits per heavy atom. The molecule has 0 aliphatic rings. The summed E-state index contributed by atoms with van der Waals surface area (Å²) in [6.45, 7) is 0. The Balaban J connectivity index is 2.97. The van der Waals surface area contributed by atoms with Crippen LogP contribution in [0.25, 0.3) is 0 Å². The average molecular weight is 397 g/mol. The molecule has 0 saturated carbocycles. The van der Waals surface area contributed by atoms with Crippen LogP contribution in [0.3, 0.4) is 0 Å². The largest absolute Gasteiger partial charge is 0.409 e. The number of rotatable bonds is 2. The molecule has 1 aromatic carbocycles. The van der Waals surface area contributed by atoms with Gasteiger partial charge in [0.2, 0.25) is 11.8 Å². The monoisotopic (exact) mass is 397 g/mol. The second kappa shape index (κ2) is 5.55. The first-order valence-electron chi connectivity index (χ1n) is 4.71. The van der Waals surface area contributed by atoms with Gasteiger partial charge < -0.3 is 5.32 Å². The third-order valence-corrected chi connectivity index (χ3v) is 2.68. The Labute approximate surface area is 117 Å². The fourth-order valence-electron chi connectivity index (χ4n) is 1.26. The Morgan fingerprint density at radius 1 is 1.11 bits per heavy atom. The first-order valence-corrected chi connectivity index (χ1v) is 5.79. The zero-order chi connectivity index (χ0) is 14.8. The molecule has 0 aromatic heterocycles. The Kier molecular flexibility index (Phi) is 4.69. The van der Waals surface area contributed by atoms with Gasteiger partial charge in [0.15, 0.2) is 0 Å². The van der Waals surface area contributed by atoms with E-state index < -0.39 is 24.2 Å². The molecule has 106 valence electrons. The average Bonchev–Trinajstić information content (AvgIpc) is 2.11. The van der Waals surface area contributed by atoms with E-state index in [1.54, 1.807) is 34.0 Å². The lowest BCUT2D eigenvalue weighted by Crippen LogP contribution is -2.45. The van der Waals surface area contributed by atoms with Crippen LogP contribution < -0.4 is 5.32 Å². The van der Waals surface area contributed by atoms with Crippen molar-refractivity contribution in [2.75, 3.05) is 5.32 Å². The first kappa shape index (κ1) is 16.1. The molecule has 1 N–H and O–H groups in total. The van der Waals surface area contributed by atoms with Gasteiger partial charge in [0.25, 0.3) is 0 Å². The summed E-state index contributed by atoms with van der Waals surface area (Å²) in [5, 5.41) is 1.61. The number of hydrogen-bond donors (Lipinski definition) is 1. The van der Waals surface area contributed by atoms with Crippen LogP contribution in [0, 0.1) is 9.49 Å². The van der Waals surface area contributed by atoms with Crippen molar-refractivity contribution in [3.63, 3.8) is 0 Å². The summed E-state index contributed by atoms with van der Waals surface area (Å²) >= 11 is 1.81. The molecule has 0 saturated heterocycles. The van der Waals surface area contributed by atoms with E-state index in [1.807, 2.05) is 0 Å². The van der Waals surface area contributed by atoms with Crippen molar-refractivity contribution in [3.8, 4) is 0 Å². The topological polar surface area (TPSA) is 29.1 Å². The van der Waals surface area contributed by atoms with Crippen LogP contribution in [0.1, 0.15) is 0 Å². The van der Waals surface area contributed by atoms with E-state index in [4.69, 9.17) is 0 Å². The number of carbonyl (C=O) groups is 1. The minimum atomic E-state index is -5.69. The highest BCUT2D eigenvalue weighted by Crippen LogP contribution is 2.39. The number of amides is 1. The van der Waals surface area contributed by atoms with Crippen molar-refractivity contribution >= 4 is 34.2 Å². The van der Waals surface area contributed by atoms with Gasteiger partial charge in [0.05, 0.1) is 0 Å². The van der Waals surface area contributed by atoms with Crippen molar-refractivity contribution in [1.82, 2.24) is 0 Å². The van der Waals surface area contributed by atoms with Crippen LogP contribution in [0.15, 0.2) is 24.3 Å². The molecule has 0 aliphatic carbocycles. The predicted octanol–water partition coefficient (Wildman–Crippen LogP) is 3.97. The molecule has 0 bridgehead atoms. The maximum absolute atomic E-state index is 12.3. The quantitative estimate of drug-likeness (QED) is 0.594. The predicted molar refractivity (Wildman–Crippen MR) is 63.4 cm³/mol. The van der Waals surface area contributed by atoms with Crippen molar-refractivity contribution in [3.05, 3.63) is 27.8 Å². The molecular formula is C10H6F6INO. The summed E-state index contributed by atoms with van der Waals surface area (Å²) < 4.78 is 74.2. The molecule has 0 unspecified atom stereocenters. The molecule has 9 heteroatoms. The Morgan fingerprint density at radius 3 is 2.05 bits per heavy atom. The number of alkyl halides is 6. The molecule has 0 fully saturated rings. The molecule has 0 spiro atoms. The first-order chi connectivity index (χ1) is 8.51. The van der Waals surface area contributed by atoms with Crippen LogP contribution in [0.2, 0.25) is 0 Å². The van der Waals surface area contributed by atoms with Gasteiger partial charge in [-0.15, -0.1) is 0 Å². The molecule has 2 nitrogen and oxygen atoms in total. The van der Waals surface area contributed by atoms with Gasteiger partial charge in [-0.1, -0.05) is 6.07 Å². The van der Waals surface area contributed by atoms with Gasteiger partial charge in [-0.05, 0) is 40.8 Å². The van der Waals surface area contributed by atoms with Gasteiger partial charge in [0, 0.05) is 9.26 Å². The normalized spacial score (nSPS) is 12.6. The highest BCUT2D eigenvalue weighted by molar-refractivity contribution is 14.1. The van der Waals surface area contributed by atoms with Crippen LogP contribution in [0.5, 0.6) is 0 Å². The lowest BCUT2D eigenvalue weighted by molar-refractivity contribution is -0.272. The summed E-state index contributed by atoms with van der Waals surface area (Å²) in [7, 11) is 0. The smallest absolute Gasteiger partial charge is 0.325 e. The lowest BCUT2D eigenvalue weighted by Gasteiger charge is -2.22. The van der Waals surface area contributed by atoms with E-state index >= 15 is 0 Å². The Bertz CT molecular complexity index is 456. The number of nitrogens with one attached hydrogen (secondary N) is 1. The molecule has 1 amide bonds. The number of anilines is 1. The molecule has 1 aromatic rings. The van der Waals surface area contributed by atoms with Crippen molar-refractivity contribution in [2.24, 2.45) is 5.92 Å². The van der Waals surface area contributed by atoms with Crippen LogP contribution in [-0.2, 0) is 4.79 Å². The number of halogens is 7. The molecule has 0 heterocycles. The summed E-state index contributed by atoms with van der Waals surface area (Å²) in [6, 6.07) is 5.42. The van der Waals surface area contributed by atoms with E-state index in [2.05, 4.69) is 0 Å². The number of hydrogen-bond acceptors (Lipinski definition) is 1. The number of benzene rings is 1. The molecule has 0 atom stereocenters. The van der Waals surface area contributed by atoms with Crippen molar-refractivity contribution in [2.45, 2.75) is 12.4 Å². The van der Waals surface area contributed by atoms with E-state index in [0.717, 1.165) is 0 Å². The second-order valence-corrected chi connectivity index (χ2v) is 4.76. The van der Waals surface area contributed by atoms with Crippen molar-refractivity contribution in [1.29, 1.82) is 0 Å². The maximum atomic E-state index is 12.3. The fourth-order valence-corrected chi connectivity index (χ4v) is 1.81. The summed E-state index contributed by atoms with van der Waals surface area (Å²) in [4.78, 5) is 11.2. The van der Waals surface area contributed by atoms with Gasteiger partial charge in [-0.25, -0.2) is 0 Å². The Hall–Kier alpha value is -1.00. The second-order valence-electron chi connectivity index (χ2n) is 3.52. The molecule has 1 rings (SSSR count). The van der Waals surface area contributed by atoms with Gasteiger partial charge >= 0.3 is 12.4 Å². The third-order valence-electron chi connectivity index (χ3n) is 2.01. The SMILES string of the molecule is O=C(Nc1cccc(I)c1)C(C(F)(F)F)C(F)(F)F. The third kappa shape index (κ3) is 4.55. The minimum Gasteiger partial charge on any atom is -0.325 e. The van der Waals surface area contributed by atoms with Crippen LogP contribution in [-0.4, -0.2) is 18.3 Å². The van der Waals surface area contributed by atoms with Crippen LogP contribution >= 0.6 is 22.6 Å². The van der Waals surface area contributed by atoms with E-state index in [-0.39, 0.29) is 5.69 Å². The van der Waals surface area contributed by atoms with E-state index in [0.29, 0.717) is 3.57 Å².